The Morgan fingerprint density at radius 2 is 1.23 bits per heavy atom. The summed E-state index contributed by atoms with van der Waals surface area (Å²) in [5.74, 6) is -2.58. The zero-order chi connectivity index (χ0) is 37.1. The summed E-state index contributed by atoms with van der Waals surface area (Å²) in [5.41, 5.74) is 1.87. The van der Waals surface area contributed by atoms with Crippen LogP contribution in [0.15, 0.2) is 61.3 Å². The van der Waals surface area contributed by atoms with Crippen molar-refractivity contribution in [1.82, 2.24) is 18.6 Å². The number of aromatic nitrogens is 2. The number of carbonyl (C=O) groups is 2. The van der Waals surface area contributed by atoms with E-state index >= 15 is 0 Å². The predicted octanol–water partition coefficient (Wildman–Crippen LogP) is 8.55. The van der Waals surface area contributed by atoms with Crippen LogP contribution < -0.4 is 14.8 Å². The van der Waals surface area contributed by atoms with Crippen molar-refractivity contribution in [3.63, 3.8) is 0 Å². The van der Waals surface area contributed by atoms with Gasteiger partial charge in [-0.2, -0.15) is 27.0 Å². The fraction of sp³-hybridized carbons (Fsp3) is 0.474. The first kappa shape index (κ1) is 56.9. The van der Waals surface area contributed by atoms with E-state index in [0.717, 1.165) is 12.1 Å². The zero-order valence-electron chi connectivity index (χ0n) is 30.6. The SMILES string of the molecule is C.C.C.C.CCOC(=O)c1c2c(cn1C)S(=O)(=NC)N[C@@H](C(C)C)C=C2.CN=S1(=O)N[C@@H](C(C)C)C=Cc2c1cn(C)c2C(=O)Nc1ccc(F)c(F)c1.S.S. The number of rotatable bonds is 6. The molecule has 0 bridgehead atoms. The molecule has 12 nitrogen and oxygen atoms in total. The monoisotopic (exact) mass is 865 g/mol. The van der Waals surface area contributed by atoms with Gasteiger partial charge >= 0.3 is 5.97 Å². The van der Waals surface area contributed by atoms with Crippen molar-refractivity contribution in [2.24, 2.45) is 34.7 Å². The second-order valence-electron chi connectivity index (χ2n) is 12.4. The molecule has 2 aromatic heterocycles. The number of carbonyl (C=O) groups excluding carboxylic acids is 2. The van der Waals surface area contributed by atoms with Crippen LogP contribution in [0.2, 0.25) is 0 Å². The third kappa shape index (κ3) is 11.8. The Balaban J connectivity index is -0.000000926. The first-order valence-corrected chi connectivity index (χ1v) is 19.1. The lowest BCUT2D eigenvalue weighted by atomic mass is 10.0. The summed E-state index contributed by atoms with van der Waals surface area (Å²) < 4.78 is 75.8. The Morgan fingerprint density at radius 1 is 0.804 bits per heavy atom. The van der Waals surface area contributed by atoms with E-state index in [1.165, 1.54) is 20.2 Å². The highest BCUT2D eigenvalue weighted by molar-refractivity contribution is 7.92. The average molecular weight is 866 g/mol. The molecule has 56 heavy (non-hydrogen) atoms. The summed E-state index contributed by atoms with van der Waals surface area (Å²) in [4.78, 5) is 26.0. The van der Waals surface area contributed by atoms with Crippen LogP contribution in [0.4, 0.5) is 14.5 Å². The normalized spacial score (nSPS) is 20.1. The van der Waals surface area contributed by atoms with Crippen LogP contribution in [0.5, 0.6) is 0 Å². The third-order valence-corrected chi connectivity index (χ3v) is 12.4. The molecule has 0 radical (unpaired) electrons. The van der Waals surface area contributed by atoms with Gasteiger partial charge in [0.1, 0.15) is 31.2 Å². The van der Waals surface area contributed by atoms with Crippen LogP contribution in [0.1, 0.15) is 96.4 Å². The number of halogens is 2. The van der Waals surface area contributed by atoms with E-state index in [1.807, 2.05) is 45.9 Å². The number of esters is 1. The number of aryl methyl sites for hydroxylation is 2. The Kier molecular flexibility index (Phi) is 23.5. The van der Waals surface area contributed by atoms with Crippen molar-refractivity contribution < 1.29 is 31.5 Å². The first-order chi connectivity index (χ1) is 23.5. The lowest BCUT2D eigenvalue weighted by Crippen LogP contribution is -2.36. The van der Waals surface area contributed by atoms with Gasteiger partial charge in [-0.3, -0.25) is 4.79 Å². The molecule has 0 spiro atoms. The summed E-state index contributed by atoms with van der Waals surface area (Å²) in [6.07, 6.45) is 10.7. The van der Waals surface area contributed by atoms with Crippen molar-refractivity contribution in [2.45, 2.75) is 86.2 Å². The van der Waals surface area contributed by atoms with Crippen LogP contribution >= 0.6 is 27.0 Å². The van der Waals surface area contributed by atoms with E-state index < -0.39 is 43.3 Å². The molecule has 0 saturated heterocycles. The quantitative estimate of drug-likeness (QED) is 0.213. The fourth-order valence-electron chi connectivity index (χ4n) is 5.49. The zero-order valence-corrected chi connectivity index (χ0v) is 34.2. The molecule has 320 valence electrons. The van der Waals surface area contributed by atoms with Gasteiger partial charge < -0.3 is 19.2 Å². The minimum absolute atomic E-state index is 0. The Hall–Kier alpha value is -3.42. The molecular formula is C38H65F2N7O5S4. The number of fused-ring (bicyclic) bond motifs is 2. The number of ether oxygens (including phenoxy) is 1. The Morgan fingerprint density at radius 3 is 1.62 bits per heavy atom. The summed E-state index contributed by atoms with van der Waals surface area (Å²) >= 11 is 0. The summed E-state index contributed by atoms with van der Waals surface area (Å²) in [5, 5.41) is 2.56. The minimum atomic E-state index is -2.94. The molecule has 4 heterocycles. The number of anilines is 1. The molecule has 3 N–H and O–H groups in total. The number of benzene rings is 1. The van der Waals surface area contributed by atoms with Gasteiger partial charge in [-0.25, -0.2) is 40.2 Å². The van der Waals surface area contributed by atoms with E-state index in [1.54, 1.807) is 48.6 Å². The highest BCUT2D eigenvalue weighted by Gasteiger charge is 2.31. The molecular weight excluding hydrogens is 801 g/mol. The van der Waals surface area contributed by atoms with Crippen molar-refractivity contribution in [2.75, 3.05) is 26.0 Å². The largest absolute Gasteiger partial charge is 0.461 e. The van der Waals surface area contributed by atoms with Gasteiger partial charge in [0, 0.05) is 75.5 Å². The number of amides is 1. The van der Waals surface area contributed by atoms with Gasteiger partial charge in [0.05, 0.1) is 16.4 Å². The average Bonchev–Trinajstić information content (AvgIpc) is 3.49. The number of hydrogen-bond acceptors (Lipinski definition) is 7. The molecule has 0 saturated carbocycles. The molecule has 3 aromatic rings. The van der Waals surface area contributed by atoms with Gasteiger partial charge in [-0.05, 0) is 30.9 Å². The van der Waals surface area contributed by atoms with Gasteiger partial charge in [-0.1, -0.05) is 81.7 Å². The van der Waals surface area contributed by atoms with Crippen LogP contribution in [-0.4, -0.2) is 62.2 Å². The number of hydrogen-bond donors (Lipinski definition) is 3. The number of nitrogens with zero attached hydrogens (tertiary/aromatic N) is 4. The van der Waals surface area contributed by atoms with E-state index in [4.69, 9.17) is 4.74 Å². The number of nitrogens with one attached hydrogen (secondary N) is 3. The third-order valence-electron chi connectivity index (χ3n) is 8.31. The molecule has 18 heteroatoms. The minimum Gasteiger partial charge on any atom is -0.461 e. The van der Waals surface area contributed by atoms with Gasteiger partial charge in [0.2, 0.25) is 0 Å². The van der Waals surface area contributed by atoms with E-state index in [-0.39, 0.29) is 92.0 Å². The van der Waals surface area contributed by atoms with Crippen molar-refractivity contribution in [3.8, 4) is 0 Å². The molecule has 4 atom stereocenters. The van der Waals surface area contributed by atoms with Crippen LogP contribution in [0.25, 0.3) is 12.2 Å². The van der Waals surface area contributed by atoms with E-state index in [2.05, 4.69) is 23.5 Å². The van der Waals surface area contributed by atoms with Crippen LogP contribution in [0.3, 0.4) is 0 Å². The molecule has 2 aliphatic heterocycles. The summed E-state index contributed by atoms with van der Waals surface area (Å²) in [6, 6.07) is 2.86. The first-order valence-electron chi connectivity index (χ1n) is 16.0. The van der Waals surface area contributed by atoms with Crippen molar-refractivity contribution in [1.29, 1.82) is 0 Å². The molecule has 2 unspecified atom stereocenters. The summed E-state index contributed by atoms with van der Waals surface area (Å²) in [6.45, 7) is 10.1. The summed E-state index contributed by atoms with van der Waals surface area (Å²) in [7, 11) is 0.665. The Labute approximate surface area is 348 Å². The second-order valence-corrected chi connectivity index (χ2v) is 16.6. The molecule has 2 aliphatic rings. The van der Waals surface area contributed by atoms with E-state index in [9.17, 15) is 26.8 Å². The maximum atomic E-state index is 13.4. The fourth-order valence-corrected chi connectivity index (χ4v) is 9.31. The van der Waals surface area contributed by atoms with Gasteiger partial charge in [-0.15, -0.1) is 0 Å². The van der Waals surface area contributed by atoms with Gasteiger partial charge in [0.15, 0.2) is 11.6 Å². The highest BCUT2D eigenvalue weighted by Crippen LogP contribution is 2.31. The molecule has 1 amide bonds. The van der Waals surface area contributed by atoms with Crippen LogP contribution in [-0.2, 0) is 38.7 Å². The molecule has 1 aromatic carbocycles. The lowest BCUT2D eigenvalue weighted by molar-refractivity contribution is 0.0515. The predicted molar refractivity (Wildman–Crippen MR) is 240 cm³/mol. The highest BCUT2D eigenvalue weighted by atomic mass is 32.2. The van der Waals surface area contributed by atoms with Crippen molar-refractivity contribution >= 4 is 76.5 Å². The van der Waals surface area contributed by atoms with Gasteiger partial charge in [0.25, 0.3) is 5.91 Å². The molecule has 0 aliphatic carbocycles. The van der Waals surface area contributed by atoms with Crippen LogP contribution in [0, 0.1) is 23.5 Å². The topological polar surface area (TPSA) is 148 Å². The molecule has 0 fully saturated rings. The Bertz CT molecular complexity index is 2110. The standard InChI is InChI=1S/C19H22F2N4O2S.C15H23N3O3S.4CH4.2H2S/c1-11(2)16-8-6-13-17(28(27,22-3)24-16)10-25(4)18(13)19(26)23-12-5-7-14(20)15(21)9-12;1-6-21-15(19)14-11-7-8-12(10(2)3)17-22(20,16-4)13(11)9-18(14)5;;;;;;/h5-11,16H,1-4H3,(H,23,26)(H,22,24,27);7-10,12H,6H2,1-5H3,(H,16,17,20);4*1H4;2*1H2/t16-,28?;12-,22?;;;;;;/m11....../s1. The maximum Gasteiger partial charge on any atom is 0.355 e. The second kappa shape index (κ2) is 23.1. The lowest BCUT2D eigenvalue weighted by Gasteiger charge is -2.19. The van der Waals surface area contributed by atoms with E-state index in [0.29, 0.717) is 33.2 Å². The smallest absolute Gasteiger partial charge is 0.355 e. The molecule has 5 rings (SSSR count). The maximum absolute atomic E-state index is 13.4. The van der Waals surface area contributed by atoms with Crippen molar-refractivity contribution in [3.05, 3.63) is 76.9 Å².